The number of aliphatic hydroxyl groups is 2. The fourth-order valence-corrected chi connectivity index (χ4v) is 4.97. The zero-order chi connectivity index (χ0) is 19.3. The summed E-state index contributed by atoms with van der Waals surface area (Å²) in [6.07, 6.45) is 3.21. The zero-order valence-corrected chi connectivity index (χ0v) is 15.7. The van der Waals surface area contributed by atoms with Gasteiger partial charge < -0.3 is 20.4 Å². The van der Waals surface area contributed by atoms with E-state index in [2.05, 4.69) is 22.4 Å². The molecule has 1 aromatic carbocycles. The summed E-state index contributed by atoms with van der Waals surface area (Å²) in [7, 11) is 0. The van der Waals surface area contributed by atoms with Crippen molar-refractivity contribution >= 4 is 11.7 Å². The number of rotatable bonds is 5. The average Bonchev–Trinajstić information content (AvgIpc) is 3.62. The van der Waals surface area contributed by atoms with E-state index in [0.717, 1.165) is 18.4 Å². The Morgan fingerprint density at radius 3 is 2.75 bits per heavy atom. The summed E-state index contributed by atoms with van der Waals surface area (Å²) in [5.41, 5.74) is 1.40. The molecule has 5 rings (SSSR count). The lowest BCUT2D eigenvalue weighted by molar-refractivity contribution is 0.0951. The second-order valence-electron chi connectivity index (χ2n) is 8.34. The number of aromatic nitrogens is 1. The number of carbonyl (C=O) groups is 1. The summed E-state index contributed by atoms with van der Waals surface area (Å²) < 4.78 is 0. The number of nitrogens with zero attached hydrogens (tertiary/aromatic N) is 2. The lowest BCUT2D eigenvalue weighted by Crippen LogP contribution is -2.27. The SMILES string of the molecule is O=C(NC1CC1)c1ccnc(N2C[C@@H](O)[C@@]3(C2)[C@H](CO)[C@H]3c2ccccc2)c1. The number of carbonyl (C=O) groups excluding carboxylic acids is 1. The molecule has 3 N–H and O–H groups in total. The molecule has 6 nitrogen and oxygen atoms in total. The van der Waals surface area contributed by atoms with Gasteiger partial charge in [-0.15, -0.1) is 0 Å². The standard InChI is InChI=1S/C22H25N3O3/c26-12-17-20(14-4-2-1-3-5-14)22(17)13-25(11-18(22)27)19-10-15(8-9-23-19)21(28)24-16-6-7-16/h1-5,8-10,16-18,20,26-27H,6-7,11-13H2,(H,24,28)/t17-,18-,20-,22-/m1/s1. The van der Waals surface area contributed by atoms with Gasteiger partial charge in [-0.3, -0.25) is 4.79 Å². The van der Waals surface area contributed by atoms with Crippen molar-refractivity contribution in [1.29, 1.82) is 0 Å². The molecule has 28 heavy (non-hydrogen) atoms. The van der Waals surface area contributed by atoms with Crippen LogP contribution in [-0.2, 0) is 0 Å². The molecule has 4 atom stereocenters. The maximum Gasteiger partial charge on any atom is 0.251 e. The molecule has 146 valence electrons. The highest BCUT2D eigenvalue weighted by Crippen LogP contribution is 2.68. The van der Waals surface area contributed by atoms with Crippen LogP contribution in [0.5, 0.6) is 0 Å². The van der Waals surface area contributed by atoms with E-state index in [1.807, 2.05) is 23.1 Å². The first kappa shape index (κ1) is 17.6. The van der Waals surface area contributed by atoms with E-state index in [1.54, 1.807) is 18.3 Å². The molecule has 1 saturated heterocycles. The molecule has 2 saturated carbocycles. The van der Waals surface area contributed by atoms with Gasteiger partial charge >= 0.3 is 0 Å². The van der Waals surface area contributed by atoms with Crippen molar-refractivity contribution < 1.29 is 15.0 Å². The average molecular weight is 379 g/mol. The van der Waals surface area contributed by atoms with Crippen molar-refractivity contribution in [3.63, 3.8) is 0 Å². The molecular formula is C22H25N3O3. The summed E-state index contributed by atoms with van der Waals surface area (Å²) in [6, 6.07) is 13.9. The van der Waals surface area contributed by atoms with Crippen LogP contribution in [-0.4, -0.2) is 52.9 Å². The fraction of sp³-hybridized carbons (Fsp3) is 0.455. The van der Waals surface area contributed by atoms with Gasteiger partial charge in [-0.25, -0.2) is 4.98 Å². The molecule has 1 amide bonds. The molecule has 1 aliphatic heterocycles. The van der Waals surface area contributed by atoms with Gasteiger partial charge in [0.25, 0.3) is 5.91 Å². The van der Waals surface area contributed by atoms with E-state index in [-0.39, 0.29) is 29.8 Å². The second-order valence-corrected chi connectivity index (χ2v) is 8.34. The molecule has 3 aliphatic rings. The number of anilines is 1. The lowest BCUT2D eigenvalue weighted by atomic mass is 9.95. The summed E-state index contributed by atoms with van der Waals surface area (Å²) in [4.78, 5) is 18.9. The number of nitrogens with one attached hydrogen (secondary N) is 1. The first-order valence-electron chi connectivity index (χ1n) is 9.99. The predicted molar refractivity (Wildman–Crippen MR) is 105 cm³/mol. The Bertz CT molecular complexity index is 886. The van der Waals surface area contributed by atoms with Gasteiger partial charge in [-0.2, -0.15) is 0 Å². The van der Waals surface area contributed by atoms with Crippen LogP contribution in [0.25, 0.3) is 0 Å². The fourth-order valence-electron chi connectivity index (χ4n) is 4.97. The van der Waals surface area contributed by atoms with E-state index >= 15 is 0 Å². The quantitative estimate of drug-likeness (QED) is 0.734. The van der Waals surface area contributed by atoms with E-state index in [9.17, 15) is 15.0 Å². The number of pyridine rings is 1. The Balaban J connectivity index is 1.38. The van der Waals surface area contributed by atoms with Crippen LogP contribution in [0.3, 0.4) is 0 Å². The lowest BCUT2D eigenvalue weighted by Gasteiger charge is -2.18. The van der Waals surface area contributed by atoms with Gasteiger partial charge in [0.2, 0.25) is 0 Å². The van der Waals surface area contributed by atoms with Gasteiger partial charge in [0, 0.05) is 42.9 Å². The predicted octanol–water partition coefficient (Wildman–Crippen LogP) is 1.55. The minimum atomic E-state index is -0.541. The van der Waals surface area contributed by atoms with Crippen LogP contribution in [0.4, 0.5) is 5.82 Å². The van der Waals surface area contributed by atoms with E-state index in [4.69, 9.17) is 0 Å². The molecule has 0 radical (unpaired) electrons. The third-order valence-corrected chi connectivity index (χ3v) is 6.64. The third kappa shape index (κ3) is 2.79. The molecular weight excluding hydrogens is 354 g/mol. The first-order valence-corrected chi connectivity index (χ1v) is 9.99. The van der Waals surface area contributed by atoms with Gasteiger partial charge in [0.05, 0.1) is 6.10 Å². The second kappa shape index (κ2) is 6.57. The van der Waals surface area contributed by atoms with Gasteiger partial charge in [-0.05, 0) is 42.4 Å². The highest BCUT2D eigenvalue weighted by molar-refractivity contribution is 5.95. The zero-order valence-electron chi connectivity index (χ0n) is 15.7. The van der Waals surface area contributed by atoms with Crippen molar-refractivity contribution in [1.82, 2.24) is 10.3 Å². The van der Waals surface area contributed by atoms with E-state index in [0.29, 0.717) is 30.5 Å². The largest absolute Gasteiger partial charge is 0.396 e. The van der Waals surface area contributed by atoms with Crippen LogP contribution in [0, 0.1) is 11.3 Å². The monoisotopic (exact) mass is 379 g/mol. The molecule has 1 spiro atoms. The third-order valence-electron chi connectivity index (χ3n) is 6.64. The van der Waals surface area contributed by atoms with Crippen LogP contribution in [0.15, 0.2) is 48.7 Å². The van der Waals surface area contributed by atoms with Crippen molar-refractivity contribution in [2.24, 2.45) is 11.3 Å². The van der Waals surface area contributed by atoms with Crippen LogP contribution in [0.2, 0.25) is 0 Å². The van der Waals surface area contributed by atoms with E-state index in [1.165, 1.54) is 0 Å². The number of aliphatic hydroxyl groups excluding tert-OH is 2. The molecule has 6 heteroatoms. The molecule has 2 aromatic rings. The number of amides is 1. The first-order chi connectivity index (χ1) is 13.6. The van der Waals surface area contributed by atoms with Gasteiger partial charge in [-0.1, -0.05) is 30.3 Å². The minimum Gasteiger partial charge on any atom is -0.396 e. The highest BCUT2D eigenvalue weighted by atomic mass is 16.3. The summed E-state index contributed by atoms with van der Waals surface area (Å²) in [5.74, 6) is 0.813. The maximum atomic E-state index is 12.4. The van der Waals surface area contributed by atoms with Gasteiger partial charge in [0.1, 0.15) is 5.82 Å². The summed E-state index contributed by atoms with van der Waals surface area (Å²) in [6.45, 7) is 1.14. The highest BCUT2D eigenvalue weighted by Gasteiger charge is 2.71. The summed E-state index contributed by atoms with van der Waals surface area (Å²) >= 11 is 0. The Labute approximate surface area is 164 Å². The van der Waals surface area contributed by atoms with Crippen molar-refractivity contribution in [3.05, 3.63) is 59.8 Å². The number of β-amino-alcohol motifs (C(OH)–C–C–N with tert-alkyl or cyclic N) is 1. The molecule has 2 heterocycles. The van der Waals surface area contributed by atoms with Crippen molar-refractivity contribution in [3.8, 4) is 0 Å². The van der Waals surface area contributed by atoms with Gasteiger partial charge in [0.15, 0.2) is 0 Å². The molecule has 3 fully saturated rings. The molecule has 0 bridgehead atoms. The maximum absolute atomic E-state index is 12.4. The van der Waals surface area contributed by atoms with Crippen molar-refractivity contribution in [2.75, 3.05) is 24.6 Å². The van der Waals surface area contributed by atoms with Crippen LogP contribution < -0.4 is 10.2 Å². The molecule has 2 aliphatic carbocycles. The molecule has 0 unspecified atom stereocenters. The molecule has 1 aromatic heterocycles. The number of benzene rings is 1. The van der Waals surface area contributed by atoms with Crippen LogP contribution >= 0.6 is 0 Å². The van der Waals surface area contributed by atoms with Crippen molar-refractivity contribution in [2.45, 2.75) is 30.9 Å². The smallest absolute Gasteiger partial charge is 0.251 e. The van der Waals surface area contributed by atoms with E-state index < -0.39 is 6.10 Å². The Morgan fingerprint density at radius 1 is 1.25 bits per heavy atom. The topological polar surface area (TPSA) is 85.7 Å². The minimum absolute atomic E-state index is 0.0382. The Hall–Kier alpha value is -2.44. The number of hydrogen-bond donors (Lipinski definition) is 3. The Kier molecular flexibility index (Phi) is 4.14. The van der Waals surface area contributed by atoms with Crippen LogP contribution in [0.1, 0.15) is 34.7 Å². The Morgan fingerprint density at radius 2 is 2.04 bits per heavy atom. The normalized spacial score (nSPS) is 31.2. The summed E-state index contributed by atoms with van der Waals surface area (Å²) in [5, 5.41) is 23.9. The number of hydrogen-bond acceptors (Lipinski definition) is 5.